The van der Waals surface area contributed by atoms with Crippen LogP contribution >= 0.6 is 0 Å². The lowest BCUT2D eigenvalue weighted by atomic mass is 9.92. The molecular formula is C24H36N4O2. The molecule has 1 aromatic heterocycles. The SMILES string of the molecule is O=C(CC1CCCC1)N1CCC(c2nc3c(c(=O)[nH]2)CCN(C2CCCCC2)C3)C1. The Hall–Kier alpha value is -1.69. The molecule has 0 radical (unpaired) electrons. The van der Waals surface area contributed by atoms with Gasteiger partial charge in [-0.1, -0.05) is 32.1 Å². The topological polar surface area (TPSA) is 69.3 Å². The van der Waals surface area contributed by atoms with E-state index in [0.717, 1.165) is 49.6 Å². The minimum absolute atomic E-state index is 0.0500. The Morgan fingerprint density at radius 1 is 1.00 bits per heavy atom. The van der Waals surface area contributed by atoms with Crippen molar-refractivity contribution in [2.45, 2.75) is 95.6 Å². The molecular weight excluding hydrogens is 376 g/mol. The van der Waals surface area contributed by atoms with E-state index in [9.17, 15) is 9.59 Å². The highest BCUT2D eigenvalue weighted by atomic mass is 16.2. The highest BCUT2D eigenvalue weighted by molar-refractivity contribution is 5.76. The molecule has 4 aliphatic rings. The van der Waals surface area contributed by atoms with Crippen molar-refractivity contribution in [3.05, 3.63) is 27.4 Å². The number of likely N-dealkylation sites (tertiary alicyclic amines) is 1. The molecule has 1 aromatic rings. The Morgan fingerprint density at radius 3 is 2.57 bits per heavy atom. The molecule has 1 saturated heterocycles. The number of rotatable bonds is 4. The molecule has 6 nitrogen and oxygen atoms in total. The van der Waals surface area contributed by atoms with Gasteiger partial charge >= 0.3 is 0 Å². The first-order valence-corrected chi connectivity index (χ1v) is 12.3. The first kappa shape index (κ1) is 20.2. The van der Waals surface area contributed by atoms with Crippen LogP contribution in [0.15, 0.2) is 4.79 Å². The molecule has 1 unspecified atom stereocenters. The largest absolute Gasteiger partial charge is 0.342 e. The Bertz CT molecular complexity index is 823. The van der Waals surface area contributed by atoms with Gasteiger partial charge in [0.2, 0.25) is 5.91 Å². The zero-order valence-corrected chi connectivity index (χ0v) is 18.2. The number of nitrogens with zero attached hydrogens (tertiary/aromatic N) is 3. The lowest BCUT2D eigenvalue weighted by Gasteiger charge is -2.37. The van der Waals surface area contributed by atoms with Crippen LogP contribution in [0.5, 0.6) is 0 Å². The maximum Gasteiger partial charge on any atom is 0.254 e. The third-order valence-electron chi connectivity index (χ3n) is 8.08. The van der Waals surface area contributed by atoms with Crippen LogP contribution < -0.4 is 5.56 Å². The molecule has 0 spiro atoms. The van der Waals surface area contributed by atoms with E-state index in [2.05, 4.69) is 9.88 Å². The van der Waals surface area contributed by atoms with Crippen LogP contribution in [0.25, 0.3) is 0 Å². The van der Waals surface area contributed by atoms with Crippen LogP contribution in [0.1, 0.15) is 93.6 Å². The average Bonchev–Trinajstić information content (AvgIpc) is 3.46. The van der Waals surface area contributed by atoms with Gasteiger partial charge in [0.15, 0.2) is 0 Å². The lowest BCUT2D eigenvalue weighted by molar-refractivity contribution is -0.131. The number of carbonyl (C=O) groups excluding carboxylic acids is 1. The van der Waals surface area contributed by atoms with Gasteiger partial charge in [0.25, 0.3) is 5.56 Å². The van der Waals surface area contributed by atoms with Crippen LogP contribution in [0.2, 0.25) is 0 Å². The fourth-order valence-electron chi connectivity index (χ4n) is 6.23. The van der Waals surface area contributed by atoms with Gasteiger partial charge in [-0.3, -0.25) is 14.5 Å². The van der Waals surface area contributed by atoms with E-state index < -0.39 is 0 Å². The Labute approximate surface area is 179 Å². The molecule has 2 aliphatic carbocycles. The summed E-state index contributed by atoms with van der Waals surface area (Å²) in [5, 5.41) is 0. The first-order valence-electron chi connectivity index (χ1n) is 12.3. The maximum absolute atomic E-state index is 12.8. The standard InChI is InChI=1S/C24H36N4O2/c29-22(14-17-6-4-5-7-17)28-12-10-18(15-28)23-25-21-16-27(19-8-2-1-3-9-19)13-11-20(21)24(30)26-23/h17-19H,1-16H2,(H,25,26,30). The number of aromatic nitrogens is 2. The number of hydrogen-bond donors (Lipinski definition) is 1. The van der Waals surface area contributed by atoms with Crippen molar-refractivity contribution in [3.8, 4) is 0 Å². The number of amides is 1. The molecule has 0 bridgehead atoms. The molecule has 1 amide bonds. The van der Waals surface area contributed by atoms with Crippen molar-refractivity contribution in [2.75, 3.05) is 19.6 Å². The van der Waals surface area contributed by atoms with E-state index in [1.165, 1.54) is 57.8 Å². The third-order valence-corrected chi connectivity index (χ3v) is 8.08. The number of H-pyrrole nitrogens is 1. The average molecular weight is 413 g/mol. The Morgan fingerprint density at radius 2 is 1.77 bits per heavy atom. The van der Waals surface area contributed by atoms with Crippen LogP contribution in [0.4, 0.5) is 0 Å². The summed E-state index contributed by atoms with van der Waals surface area (Å²) in [6.07, 6.45) is 14.0. The number of fused-ring (bicyclic) bond motifs is 1. The predicted octanol–water partition coefficient (Wildman–Crippen LogP) is 3.36. The van der Waals surface area contributed by atoms with Crippen molar-refractivity contribution in [3.63, 3.8) is 0 Å². The van der Waals surface area contributed by atoms with Gasteiger partial charge in [-0.05, 0) is 44.4 Å². The van der Waals surface area contributed by atoms with E-state index in [0.29, 0.717) is 30.8 Å². The van der Waals surface area contributed by atoms with E-state index >= 15 is 0 Å². The first-order chi connectivity index (χ1) is 14.7. The fraction of sp³-hybridized carbons (Fsp3) is 0.792. The van der Waals surface area contributed by atoms with Gasteiger partial charge in [-0.2, -0.15) is 0 Å². The monoisotopic (exact) mass is 412 g/mol. The molecule has 164 valence electrons. The Kier molecular flexibility index (Phi) is 5.94. The maximum atomic E-state index is 12.8. The van der Waals surface area contributed by atoms with Gasteiger partial charge in [0, 0.05) is 50.1 Å². The van der Waals surface area contributed by atoms with Gasteiger partial charge in [-0.15, -0.1) is 0 Å². The Balaban J connectivity index is 1.26. The van der Waals surface area contributed by atoms with Crippen LogP contribution in [0, 0.1) is 5.92 Å². The quantitative estimate of drug-likeness (QED) is 0.823. The summed E-state index contributed by atoms with van der Waals surface area (Å²) in [4.78, 5) is 38.1. The molecule has 6 heteroatoms. The third kappa shape index (κ3) is 4.20. The number of hydrogen-bond acceptors (Lipinski definition) is 4. The van der Waals surface area contributed by atoms with Crippen LogP contribution in [-0.2, 0) is 17.8 Å². The summed E-state index contributed by atoms with van der Waals surface area (Å²) >= 11 is 0. The zero-order valence-electron chi connectivity index (χ0n) is 18.2. The number of nitrogens with one attached hydrogen (secondary N) is 1. The summed E-state index contributed by atoms with van der Waals surface area (Å²) in [6, 6.07) is 0.659. The second-order valence-corrected chi connectivity index (χ2v) is 10.1. The lowest BCUT2D eigenvalue weighted by Crippen LogP contribution is -2.42. The van der Waals surface area contributed by atoms with E-state index in [1.54, 1.807) is 0 Å². The van der Waals surface area contributed by atoms with E-state index in [1.807, 2.05) is 4.90 Å². The van der Waals surface area contributed by atoms with Gasteiger partial charge in [0.05, 0.1) is 5.69 Å². The highest BCUT2D eigenvalue weighted by Gasteiger charge is 2.32. The summed E-state index contributed by atoms with van der Waals surface area (Å²) in [7, 11) is 0. The number of carbonyl (C=O) groups is 1. The molecule has 3 heterocycles. The molecule has 30 heavy (non-hydrogen) atoms. The summed E-state index contributed by atoms with van der Waals surface area (Å²) in [5.74, 6) is 1.86. The smallest absolute Gasteiger partial charge is 0.254 e. The van der Waals surface area contributed by atoms with Crippen molar-refractivity contribution >= 4 is 5.91 Å². The molecule has 3 fully saturated rings. The normalized spacial score (nSPS) is 26.3. The van der Waals surface area contributed by atoms with Crippen molar-refractivity contribution in [1.82, 2.24) is 19.8 Å². The van der Waals surface area contributed by atoms with E-state index in [4.69, 9.17) is 4.98 Å². The molecule has 5 rings (SSSR count). The molecule has 1 atom stereocenters. The molecule has 2 aliphatic heterocycles. The molecule has 2 saturated carbocycles. The molecule has 0 aromatic carbocycles. The predicted molar refractivity (Wildman–Crippen MR) is 116 cm³/mol. The van der Waals surface area contributed by atoms with Gasteiger partial charge < -0.3 is 9.88 Å². The second-order valence-electron chi connectivity index (χ2n) is 10.1. The fourth-order valence-corrected chi connectivity index (χ4v) is 6.23. The van der Waals surface area contributed by atoms with Crippen molar-refractivity contribution in [2.24, 2.45) is 5.92 Å². The summed E-state index contributed by atoms with van der Waals surface area (Å²) in [6.45, 7) is 3.30. The summed E-state index contributed by atoms with van der Waals surface area (Å²) in [5.41, 5.74) is 1.92. The minimum Gasteiger partial charge on any atom is -0.342 e. The highest BCUT2D eigenvalue weighted by Crippen LogP contribution is 2.31. The molecule has 1 N–H and O–H groups in total. The number of aromatic amines is 1. The van der Waals surface area contributed by atoms with Crippen LogP contribution in [0.3, 0.4) is 0 Å². The van der Waals surface area contributed by atoms with E-state index in [-0.39, 0.29) is 11.5 Å². The van der Waals surface area contributed by atoms with Gasteiger partial charge in [0.1, 0.15) is 5.82 Å². The van der Waals surface area contributed by atoms with Crippen molar-refractivity contribution < 1.29 is 4.79 Å². The van der Waals surface area contributed by atoms with Crippen molar-refractivity contribution in [1.29, 1.82) is 0 Å². The summed E-state index contributed by atoms with van der Waals surface area (Å²) < 4.78 is 0. The second kappa shape index (κ2) is 8.81. The minimum atomic E-state index is 0.0500. The van der Waals surface area contributed by atoms with Gasteiger partial charge in [-0.25, -0.2) is 4.98 Å². The zero-order chi connectivity index (χ0) is 20.5. The van der Waals surface area contributed by atoms with Crippen LogP contribution in [-0.4, -0.2) is 51.4 Å².